The van der Waals surface area contributed by atoms with E-state index in [0.29, 0.717) is 6.47 Å². The number of piperidine rings is 1. The van der Waals surface area contributed by atoms with E-state index in [-0.39, 0.29) is 6.10 Å². The number of hydrogen-bond acceptors (Lipinski definition) is 3. The Bertz CT molecular complexity index is 179. The van der Waals surface area contributed by atoms with Crippen LogP contribution < -0.4 is 5.32 Å². The summed E-state index contributed by atoms with van der Waals surface area (Å²) in [5.41, 5.74) is 0. The zero-order chi connectivity index (χ0) is 11.6. The lowest BCUT2D eigenvalue weighted by Crippen LogP contribution is -2.27. The molecule has 1 aliphatic rings. The van der Waals surface area contributed by atoms with E-state index in [4.69, 9.17) is 4.74 Å². The fraction of sp³-hybridized carbons (Fsp3) is 0.923. The van der Waals surface area contributed by atoms with Gasteiger partial charge in [0.1, 0.15) is 6.10 Å². The van der Waals surface area contributed by atoms with Gasteiger partial charge >= 0.3 is 0 Å². The average molecular weight is 227 g/mol. The van der Waals surface area contributed by atoms with E-state index in [1.165, 1.54) is 38.8 Å². The largest absolute Gasteiger partial charge is 0.465 e. The van der Waals surface area contributed by atoms with Crippen LogP contribution in [0.1, 0.15) is 51.9 Å². The van der Waals surface area contributed by atoms with Crippen molar-refractivity contribution in [2.45, 2.75) is 58.0 Å². The molecule has 16 heavy (non-hydrogen) atoms. The van der Waals surface area contributed by atoms with Crippen molar-refractivity contribution in [3.05, 3.63) is 0 Å². The van der Waals surface area contributed by atoms with Gasteiger partial charge in [0.05, 0.1) is 0 Å². The van der Waals surface area contributed by atoms with Gasteiger partial charge in [0.15, 0.2) is 0 Å². The van der Waals surface area contributed by atoms with Gasteiger partial charge in [-0.3, -0.25) is 4.79 Å². The SMILES string of the molecule is CCCC(CCCC1CCNCC1)OC=O. The molecule has 0 saturated carbocycles. The van der Waals surface area contributed by atoms with Gasteiger partial charge in [-0.2, -0.15) is 0 Å². The Balaban J connectivity index is 2.08. The van der Waals surface area contributed by atoms with E-state index in [2.05, 4.69) is 12.2 Å². The lowest BCUT2D eigenvalue weighted by Gasteiger charge is -2.23. The molecule has 0 aromatic carbocycles. The van der Waals surface area contributed by atoms with Gasteiger partial charge in [-0.15, -0.1) is 0 Å². The molecule has 0 radical (unpaired) electrons. The van der Waals surface area contributed by atoms with E-state index in [9.17, 15) is 4.79 Å². The van der Waals surface area contributed by atoms with Crippen LogP contribution in [0.2, 0.25) is 0 Å². The summed E-state index contributed by atoms with van der Waals surface area (Å²) >= 11 is 0. The van der Waals surface area contributed by atoms with Crippen molar-refractivity contribution in [1.29, 1.82) is 0 Å². The standard InChI is InChI=1S/C13H25NO2/c1-2-4-13(16-11-15)6-3-5-12-7-9-14-10-8-12/h11-14H,2-10H2,1H3. The number of rotatable bonds is 8. The average Bonchev–Trinajstić information content (AvgIpc) is 2.31. The molecule has 1 fully saturated rings. The van der Waals surface area contributed by atoms with Crippen molar-refractivity contribution in [3.63, 3.8) is 0 Å². The molecule has 1 heterocycles. The normalized spacial score (nSPS) is 19.3. The number of carbonyl (C=O) groups excluding carboxylic acids is 1. The number of ether oxygens (including phenoxy) is 1. The summed E-state index contributed by atoms with van der Waals surface area (Å²) < 4.78 is 5.08. The van der Waals surface area contributed by atoms with Gasteiger partial charge in [-0.05, 0) is 51.1 Å². The van der Waals surface area contributed by atoms with Crippen LogP contribution in [0.4, 0.5) is 0 Å². The third-order valence-corrected chi connectivity index (χ3v) is 3.46. The molecule has 3 heteroatoms. The summed E-state index contributed by atoms with van der Waals surface area (Å²) in [6.07, 6.45) is 8.41. The minimum Gasteiger partial charge on any atom is -0.465 e. The van der Waals surface area contributed by atoms with Crippen LogP contribution in [-0.4, -0.2) is 25.7 Å². The number of nitrogens with one attached hydrogen (secondary N) is 1. The van der Waals surface area contributed by atoms with Crippen LogP contribution in [0.15, 0.2) is 0 Å². The molecule has 0 aromatic heterocycles. The quantitative estimate of drug-likeness (QED) is 0.647. The predicted octanol–water partition coefficient (Wildman–Crippen LogP) is 2.50. The van der Waals surface area contributed by atoms with Gasteiger partial charge in [0, 0.05) is 0 Å². The van der Waals surface area contributed by atoms with E-state index in [0.717, 1.165) is 25.2 Å². The molecular formula is C13H25NO2. The summed E-state index contributed by atoms with van der Waals surface area (Å²) in [4.78, 5) is 10.3. The molecule has 1 N–H and O–H groups in total. The number of carbonyl (C=O) groups is 1. The number of hydrogen-bond donors (Lipinski definition) is 1. The monoisotopic (exact) mass is 227 g/mol. The van der Waals surface area contributed by atoms with Gasteiger partial charge in [-0.25, -0.2) is 0 Å². The fourth-order valence-corrected chi connectivity index (χ4v) is 2.49. The minimum absolute atomic E-state index is 0.157. The lowest BCUT2D eigenvalue weighted by molar-refractivity contribution is -0.134. The minimum atomic E-state index is 0.157. The Hall–Kier alpha value is -0.570. The van der Waals surface area contributed by atoms with Crippen LogP contribution in [-0.2, 0) is 9.53 Å². The van der Waals surface area contributed by atoms with E-state index < -0.39 is 0 Å². The molecular weight excluding hydrogens is 202 g/mol. The second-order valence-corrected chi connectivity index (χ2v) is 4.77. The zero-order valence-electron chi connectivity index (χ0n) is 10.4. The third-order valence-electron chi connectivity index (χ3n) is 3.46. The first-order valence-electron chi connectivity index (χ1n) is 6.66. The molecule has 1 unspecified atom stereocenters. The van der Waals surface area contributed by atoms with Crippen molar-refractivity contribution in [2.75, 3.05) is 13.1 Å². The maximum Gasteiger partial charge on any atom is 0.293 e. The Labute approximate surface area is 98.9 Å². The maximum atomic E-state index is 10.3. The van der Waals surface area contributed by atoms with Gasteiger partial charge in [0.2, 0.25) is 0 Å². The highest BCUT2D eigenvalue weighted by atomic mass is 16.5. The summed E-state index contributed by atoms with van der Waals surface area (Å²) in [5, 5.41) is 3.38. The molecule has 1 saturated heterocycles. The van der Waals surface area contributed by atoms with E-state index >= 15 is 0 Å². The van der Waals surface area contributed by atoms with E-state index in [1.807, 2.05) is 0 Å². The van der Waals surface area contributed by atoms with Gasteiger partial charge in [-0.1, -0.05) is 19.8 Å². The molecule has 0 bridgehead atoms. The van der Waals surface area contributed by atoms with Crippen molar-refractivity contribution in [3.8, 4) is 0 Å². The van der Waals surface area contributed by atoms with Crippen LogP contribution in [0.3, 0.4) is 0 Å². The highest BCUT2D eigenvalue weighted by Crippen LogP contribution is 2.20. The maximum absolute atomic E-state index is 10.3. The lowest BCUT2D eigenvalue weighted by atomic mass is 9.91. The first-order valence-corrected chi connectivity index (χ1v) is 6.66. The second-order valence-electron chi connectivity index (χ2n) is 4.77. The van der Waals surface area contributed by atoms with E-state index in [1.54, 1.807) is 0 Å². The molecule has 3 nitrogen and oxygen atoms in total. The highest BCUT2D eigenvalue weighted by molar-refractivity contribution is 5.37. The molecule has 94 valence electrons. The van der Waals surface area contributed by atoms with Crippen LogP contribution in [0, 0.1) is 5.92 Å². The van der Waals surface area contributed by atoms with Crippen LogP contribution >= 0.6 is 0 Å². The summed E-state index contributed by atoms with van der Waals surface area (Å²) in [6, 6.07) is 0. The smallest absolute Gasteiger partial charge is 0.293 e. The second kappa shape index (κ2) is 8.57. The van der Waals surface area contributed by atoms with Crippen molar-refractivity contribution in [2.24, 2.45) is 5.92 Å². The molecule has 0 spiro atoms. The Morgan fingerprint density at radius 3 is 2.75 bits per heavy atom. The summed E-state index contributed by atoms with van der Waals surface area (Å²) in [6.45, 7) is 5.08. The Kier molecular flexibility index (Phi) is 7.23. The van der Waals surface area contributed by atoms with Gasteiger partial charge < -0.3 is 10.1 Å². The molecule has 0 amide bonds. The van der Waals surface area contributed by atoms with Crippen LogP contribution in [0.25, 0.3) is 0 Å². The summed E-state index contributed by atoms with van der Waals surface area (Å²) in [7, 11) is 0. The summed E-state index contributed by atoms with van der Waals surface area (Å²) in [5.74, 6) is 0.889. The molecule has 0 aliphatic carbocycles. The first kappa shape index (κ1) is 13.5. The molecule has 1 atom stereocenters. The Morgan fingerprint density at radius 2 is 2.12 bits per heavy atom. The van der Waals surface area contributed by atoms with Gasteiger partial charge in [0.25, 0.3) is 6.47 Å². The fourth-order valence-electron chi connectivity index (χ4n) is 2.49. The third kappa shape index (κ3) is 5.50. The topological polar surface area (TPSA) is 38.3 Å². The first-order chi connectivity index (χ1) is 7.86. The van der Waals surface area contributed by atoms with Crippen molar-refractivity contribution in [1.82, 2.24) is 5.32 Å². The van der Waals surface area contributed by atoms with Crippen molar-refractivity contribution >= 4 is 6.47 Å². The van der Waals surface area contributed by atoms with Crippen molar-refractivity contribution < 1.29 is 9.53 Å². The predicted molar refractivity (Wildman–Crippen MR) is 65.3 cm³/mol. The molecule has 1 aliphatic heterocycles. The van der Waals surface area contributed by atoms with Crippen LogP contribution in [0.5, 0.6) is 0 Å². The molecule has 1 rings (SSSR count). The Morgan fingerprint density at radius 1 is 1.38 bits per heavy atom. The highest BCUT2D eigenvalue weighted by Gasteiger charge is 2.14. The zero-order valence-corrected chi connectivity index (χ0v) is 10.4. The molecule has 0 aromatic rings.